The van der Waals surface area contributed by atoms with Crippen molar-refractivity contribution in [1.29, 1.82) is 0 Å². The van der Waals surface area contributed by atoms with Gasteiger partial charge in [0.2, 0.25) is 0 Å². The van der Waals surface area contributed by atoms with Gasteiger partial charge in [-0.2, -0.15) is 11.8 Å². The maximum absolute atomic E-state index is 12.7. The van der Waals surface area contributed by atoms with E-state index in [0.29, 0.717) is 5.56 Å². The average molecular weight is 408 g/mol. The van der Waals surface area contributed by atoms with Gasteiger partial charge in [0.25, 0.3) is 5.91 Å². The lowest BCUT2D eigenvalue weighted by molar-refractivity contribution is -0.123. The highest BCUT2D eigenvalue weighted by atomic mass is 32.2. The molecule has 2 N–H and O–H groups in total. The van der Waals surface area contributed by atoms with Crippen LogP contribution in [0.4, 0.5) is 4.79 Å². The summed E-state index contributed by atoms with van der Waals surface area (Å²) in [5, 5.41) is 5.49. The molecule has 144 valence electrons. The van der Waals surface area contributed by atoms with E-state index in [1.807, 2.05) is 40.9 Å². The monoisotopic (exact) mass is 407 g/mol. The van der Waals surface area contributed by atoms with Crippen LogP contribution in [0.5, 0.6) is 0 Å². The molecule has 0 unspecified atom stereocenters. The Morgan fingerprint density at radius 3 is 2.70 bits per heavy atom. The van der Waals surface area contributed by atoms with Crippen molar-refractivity contribution in [2.24, 2.45) is 0 Å². The highest BCUT2D eigenvalue weighted by Crippen LogP contribution is 2.38. The van der Waals surface area contributed by atoms with E-state index < -0.39 is 24.5 Å². The number of rotatable bonds is 5. The molecule has 0 atom stereocenters. The number of nitrogens with zero attached hydrogens (tertiary/aromatic N) is 1. The van der Waals surface area contributed by atoms with Crippen molar-refractivity contribution < 1.29 is 19.1 Å². The topological polar surface area (TPSA) is 89.4 Å². The number of amides is 3. The van der Waals surface area contributed by atoms with Gasteiger partial charge >= 0.3 is 12.0 Å². The Kier molecular flexibility index (Phi) is 6.22. The summed E-state index contributed by atoms with van der Waals surface area (Å²) >= 11 is 3.42. The third-order valence-electron chi connectivity index (χ3n) is 3.85. The third-order valence-corrected chi connectivity index (χ3v) is 6.27. The minimum Gasteiger partial charge on any atom is -0.452 e. The molecule has 0 saturated carbocycles. The zero-order valence-corrected chi connectivity index (χ0v) is 16.7. The Labute approximate surface area is 165 Å². The van der Waals surface area contributed by atoms with Gasteiger partial charge in [-0.25, -0.2) is 9.59 Å². The standard InChI is InChI=1S/C18H21N3O4S2/c1-11(2)19-18(24)20-14(22)9-25-17(23)15-12-5-8-26-10-13(12)27-16(15)21-6-3-4-7-21/h3-4,6-7,11H,5,8-10H2,1-2H3,(H2,19,20,22,24). The summed E-state index contributed by atoms with van der Waals surface area (Å²) in [6, 6.07) is 3.08. The molecule has 3 amide bonds. The molecular formula is C18H21N3O4S2. The van der Waals surface area contributed by atoms with E-state index in [0.717, 1.165) is 28.5 Å². The fourth-order valence-electron chi connectivity index (χ4n) is 2.74. The van der Waals surface area contributed by atoms with Gasteiger partial charge in [-0.05, 0) is 43.7 Å². The van der Waals surface area contributed by atoms with Crippen LogP contribution >= 0.6 is 23.1 Å². The van der Waals surface area contributed by atoms with Crippen LogP contribution in [0.1, 0.15) is 34.6 Å². The first kappa shape index (κ1) is 19.5. The summed E-state index contributed by atoms with van der Waals surface area (Å²) in [5.74, 6) is 0.619. The summed E-state index contributed by atoms with van der Waals surface area (Å²) in [6.07, 6.45) is 4.56. The highest BCUT2D eigenvalue weighted by molar-refractivity contribution is 7.98. The molecule has 0 saturated heterocycles. The van der Waals surface area contributed by atoms with E-state index in [-0.39, 0.29) is 6.04 Å². The van der Waals surface area contributed by atoms with Gasteiger partial charge < -0.3 is 14.6 Å². The Balaban J connectivity index is 1.72. The number of esters is 1. The van der Waals surface area contributed by atoms with Crippen molar-refractivity contribution >= 4 is 41.0 Å². The molecule has 0 spiro atoms. The molecule has 2 aromatic heterocycles. The first-order valence-electron chi connectivity index (χ1n) is 8.58. The smallest absolute Gasteiger partial charge is 0.341 e. The number of hydrogen-bond donors (Lipinski definition) is 2. The number of thioether (sulfide) groups is 1. The second-order valence-electron chi connectivity index (χ2n) is 6.33. The van der Waals surface area contributed by atoms with Crippen LogP contribution in [0.2, 0.25) is 0 Å². The van der Waals surface area contributed by atoms with Crippen LogP contribution in [0.25, 0.3) is 5.00 Å². The molecular weight excluding hydrogens is 386 g/mol. The van der Waals surface area contributed by atoms with E-state index >= 15 is 0 Å². The number of urea groups is 1. The molecule has 3 rings (SSSR count). The second kappa shape index (κ2) is 8.62. The molecule has 0 aromatic carbocycles. The lowest BCUT2D eigenvalue weighted by Crippen LogP contribution is -2.44. The number of carbonyl (C=O) groups is 3. The number of nitrogens with one attached hydrogen (secondary N) is 2. The van der Waals surface area contributed by atoms with E-state index in [1.165, 1.54) is 4.88 Å². The Bertz CT molecular complexity index is 843. The summed E-state index contributed by atoms with van der Waals surface area (Å²) in [7, 11) is 0. The Morgan fingerprint density at radius 2 is 2.00 bits per heavy atom. The van der Waals surface area contributed by atoms with Gasteiger partial charge in [0.15, 0.2) is 6.61 Å². The first-order chi connectivity index (χ1) is 13.0. The van der Waals surface area contributed by atoms with Crippen LogP contribution in [-0.4, -0.2) is 40.9 Å². The molecule has 0 fully saturated rings. The van der Waals surface area contributed by atoms with Crippen molar-refractivity contribution in [3.63, 3.8) is 0 Å². The normalized spacial score (nSPS) is 13.1. The second-order valence-corrected chi connectivity index (χ2v) is 8.52. The molecule has 0 radical (unpaired) electrons. The number of ether oxygens (including phenoxy) is 1. The number of aromatic nitrogens is 1. The summed E-state index contributed by atoms with van der Waals surface area (Å²) in [4.78, 5) is 37.3. The van der Waals surface area contributed by atoms with Crippen LogP contribution in [-0.2, 0) is 21.7 Å². The molecule has 1 aliphatic heterocycles. The summed E-state index contributed by atoms with van der Waals surface area (Å²) in [6.45, 7) is 3.06. The molecule has 27 heavy (non-hydrogen) atoms. The third kappa shape index (κ3) is 4.72. The van der Waals surface area contributed by atoms with Gasteiger partial charge in [0.1, 0.15) is 5.00 Å². The van der Waals surface area contributed by atoms with Crippen LogP contribution in [0.3, 0.4) is 0 Å². The van der Waals surface area contributed by atoms with Crippen LogP contribution in [0.15, 0.2) is 24.5 Å². The lowest BCUT2D eigenvalue weighted by atomic mass is 10.1. The number of thiophene rings is 1. The highest BCUT2D eigenvalue weighted by Gasteiger charge is 2.27. The van der Waals surface area contributed by atoms with E-state index in [4.69, 9.17) is 4.74 Å². The fourth-order valence-corrected chi connectivity index (χ4v) is 5.18. The Morgan fingerprint density at radius 1 is 1.26 bits per heavy atom. The average Bonchev–Trinajstić information content (AvgIpc) is 3.26. The summed E-state index contributed by atoms with van der Waals surface area (Å²) < 4.78 is 7.10. The van der Waals surface area contributed by atoms with Crippen molar-refractivity contribution in [2.45, 2.75) is 32.1 Å². The molecule has 3 heterocycles. The zero-order chi connectivity index (χ0) is 19.4. The van der Waals surface area contributed by atoms with E-state index in [1.54, 1.807) is 25.2 Å². The number of hydrogen-bond acceptors (Lipinski definition) is 6. The minimum atomic E-state index is -0.663. The quantitative estimate of drug-likeness (QED) is 0.744. The SMILES string of the molecule is CC(C)NC(=O)NC(=O)COC(=O)c1c(-n2cccc2)sc2c1CCSC2. The molecule has 9 heteroatoms. The molecule has 0 aliphatic carbocycles. The van der Waals surface area contributed by atoms with Crippen molar-refractivity contribution in [3.8, 4) is 5.00 Å². The lowest BCUT2D eigenvalue weighted by Gasteiger charge is -2.13. The van der Waals surface area contributed by atoms with Crippen molar-refractivity contribution in [2.75, 3.05) is 12.4 Å². The molecule has 2 aromatic rings. The maximum Gasteiger partial charge on any atom is 0.341 e. The van der Waals surface area contributed by atoms with Crippen LogP contribution < -0.4 is 10.6 Å². The molecule has 0 bridgehead atoms. The fraction of sp³-hybridized carbons (Fsp3) is 0.389. The van der Waals surface area contributed by atoms with Crippen LogP contribution in [0, 0.1) is 0 Å². The molecule has 1 aliphatic rings. The van der Waals surface area contributed by atoms with Gasteiger partial charge in [0.05, 0.1) is 5.56 Å². The maximum atomic E-state index is 12.7. The number of fused-ring (bicyclic) bond motifs is 1. The van der Waals surface area contributed by atoms with Crippen molar-refractivity contribution in [3.05, 3.63) is 40.5 Å². The zero-order valence-electron chi connectivity index (χ0n) is 15.1. The van der Waals surface area contributed by atoms with Gasteiger partial charge in [0, 0.05) is 29.1 Å². The predicted molar refractivity (Wildman–Crippen MR) is 106 cm³/mol. The van der Waals surface area contributed by atoms with Gasteiger partial charge in [-0.15, -0.1) is 11.3 Å². The number of carbonyl (C=O) groups excluding carboxylic acids is 3. The largest absolute Gasteiger partial charge is 0.452 e. The first-order valence-corrected chi connectivity index (χ1v) is 10.6. The Hall–Kier alpha value is -2.26. The van der Waals surface area contributed by atoms with E-state index in [9.17, 15) is 14.4 Å². The number of imide groups is 1. The minimum absolute atomic E-state index is 0.0975. The summed E-state index contributed by atoms with van der Waals surface area (Å²) in [5.41, 5.74) is 1.52. The van der Waals surface area contributed by atoms with Gasteiger partial charge in [-0.3, -0.25) is 10.1 Å². The predicted octanol–water partition coefficient (Wildman–Crippen LogP) is 2.72. The van der Waals surface area contributed by atoms with Crippen molar-refractivity contribution in [1.82, 2.24) is 15.2 Å². The molecule has 7 nitrogen and oxygen atoms in total. The van der Waals surface area contributed by atoms with E-state index in [2.05, 4.69) is 10.6 Å². The van der Waals surface area contributed by atoms with Gasteiger partial charge in [-0.1, -0.05) is 0 Å².